The fraction of sp³-hybridized carbons (Fsp3) is 0.233. The molecule has 1 N–H and O–H groups in total. The van der Waals surface area contributed by atoms with E-state index in [-0.39, 0.29) is 24.5 Å². The Morgan fingerprint density at radius 1 is 0.919 bits per heavy atom. The van der Waals surface area contributed by atoms with Gasteiger partial charge in [-0.1, -0.05) is 42.0 Å². The molecule has 1 aliphatic rings. The average Bonchev–Trinajstić information content (AvgIpc) is 3.14. The highest BCUT2D eigenvalue weighted by Gasteiger charge is 2.46. The highest BCUT2D eigenvalue weighted by atomic mass is 16.5. The normalized spacial score (nSPS) is 16.6. The second kappa shape index (κ2) is 11.1. The number of hydrogen-bond acceptors (Lipinski definition) is 6. The molecule has 0 bridgehead atoms. The van der Waals surface area contributed by atoms with Crippen LogP contribution in [0.3, 0.4) is 0 Å². The van der Waals surface area contributed by atoms with Crippen LogP contribution in [0, 0.1) is 6.92 Å². The molecule has 0 saturated carbocycles. The van der Waals surface area contributed by atoms with Crippen LogP contribution in [0.4, 0.5) is 0 Å². The highest BCUT2D eigenvalue weighted by Crippen LogP contribution is 2.40. The first kappa shape index (κ1) is 25.7. The summed E-state index contributed by atoms with van der Waals surface area (Å²) in [6.45, 7) is 6.44. The Balaban J connectivity index is 1.74. The third kappa shape index (κ3) is 5.40. The molecule has 4 rings (SSSR count). The summed E-state index contributed by atoms with van der Waals surface area (Å²) in [6.07, 6.45) is 0. The third-order valence-corrected chi connectivity index (χ3v) is 6.15. The molecule has 0 aromatic heterocycles. The molecular weight excluding hydrogens is 470 g/mol. The first-order valence-electron chi connectivity index (χ1n) is 12.2. The van der Waals surface area contributed by atoms with E-state index >= 15 is 0 Å². The van der Waals surface area contributed by atoms with E-state index in [9.17, 15) is 19.5 Å². The predicted octanol–water partition coefficient (Wildman–Crippen LogP) is 5.19. The molecular formula is C30H29NO6. The van der Waals surface area contributed by atoms with Gasteiger partial charge in [0, 0.05) is 12.1 Å². The number of ketones is 1. The minimum Gasteiger partial charge on any atom is -0.507 e. The number of carbonyl (C=O) groups is 3. The number of nitrogens with zero attached hydrogens (tertiary/aromatic N) is 1. The number of aliphatic hydroxyl groups is 1. The largest absolute Gasteiger partial charge is 0.507 e. The van der Waals surface area contributed by atoms with Gasteiger partial charge in [0.05, 0.1) is 30.4 Å². The molecule has 0 radical (unpaired) electrons. The van der Waals surface area contributed by atoms with Gasteiger partial charge in [-0.25, -0.2) is 4.79 Å². The molecule has 37 heavy (non-hydrogen) atoms. The molecule has 1 saturated heterocycles. The molecule has 0 spiro atoms. The monoisotopic (exact) mass is 499 g/mol. The van der Waals surface area contributed by atoms with Crippen molar-refractivity contribution in [2.24, 2.45) is 0 Å². The Kier molecular flexibility index (Phi) is 7.72. The predicted molar refractivity (Wildman–Crippen MR) is 139 cm³/mol. The van der Waals surface area contributed by atoms with Gasteiger partial charge in [-0.3, -0.25) is 9.59 Å². The Morgan fingerprint density at radius 2 is 1.59 bits per heavy atom. The van der Waals surface area contributed by atoms with Crippen molar-refractivity contribution < 1.29 is 29.0 Å². The Labute approximate surface area is 215 Å². The first-order valence-corrected chi connectivity index (χ1v) is 12.2. The molecule has 1 heterocycles. The molecule has 1 aliphatic heterocycles. The van der Waals surface area contributed by atoms with Gasteiger partial charge >= 0.3 is 5.97 Å². The van der Waals surface area contributed by atoms with Gasteiger partial charge in [0.25, 0.3) is 11.7 Å². The summed E-state index contributed by atoms with van der Waals surface area (Å²) in [7, 11) is 0. The van der Waals surface area contributed by atoms with Crippen molar-refractivity contribution in [3.8, 4) is 5.75 Å². The van der Waals surface area contributed by atoms with Crippen LogP contribution in [0.25, 0.3) is 5.76 Å². The van der Waals surface area contributed by atoms with E-state index in [1.165, 1.54) is 4.90 Å². The van der Waals surface area contributed by atoms with E-state index in [0.29, 0.717) is 23.5 Å². The second-order valence-electron chi connectivity index (χ2n) is 8.72. The molecule has 1 atom stereocenters. The van der Waals surface area contributed by atoms with E-state index in [4.69, 9.17) is 9.47 Å². The fourth-order valence-electron chi connectivity index (χ4n) is 4.42. The van der Waals surface area contributed by atoms with Crippen LogP contribution >= 0.6 is 0 Å². The molecule has 1 fully saturated rings. The summed E-state index contributed by atoms with van der Waals surface area (Å²) in [4.78, 5) is 40.0. The van der Waals surface area contributed by atoms with E-state index < -0.39 is 23.7 Å². The molecule has 190 valence electrons. The van der Waals surface area contributed by atoms with Crippen molar-refractivity contribution in [3.63, 3.8) is 0 Å². The lowest BCUT2D eigenvalue weighted by Gasteiger charge is -2.26. The zero-order valence-corrected chi connectivity index (χ0v) is 21.1. The number of benzene rings is 3. The maximum atomic E-state index is 13.3. The molecule has 3 aromatic carbocycles. The number of aliphatic hydroxyl groups excluding tert-OH is 1. The van der Waals surface area contributed by atoms with Crippen molar-refractivity contribution in [2.45, 2.75) is 33.4 Å². The number of amides is 1. The number of ether oxygens (including phenoxy) is 2. The van der Waals surface area contributed by atoms with Crippen LogP contribution in [0.1, 0.15) is 52.5 Å². The van der Waals surface area contributed by atoms with Gasteiger partial charge in [-0.15, -0.1) is 0 Å². The van der Waals surface area contributed by atoms with Crippen LogP contribution in [-0.2, 0) is 20.9 Å². The summed E-state index contributed by atoms with van der Waals surface area (Å²) in [5.74, 6) is -1.48. The number of rotatable bonds is 8. The minimum absolute atomic E-state index is 0.0305. The maximum absolute atomic E-state index is 13.3. The fourth-order valence-corrected chi connectivity index (χ4v) is 4.42. The summed E-state index contributed by atoms with van der Waals surface area (Å²) < 4.78 is 10.5. The van der Waals surface area contributed by atoms with Crippen molar-refractivity contribution in [3.05, 3.63) is 106 Å². The quantitative estimate of drug-likeness (QED) is 0.198. The standard InChI is InChI=1S/C30H29NO6/c1-4-36-24-15-13-21(14-16-24)27(32)25-26(23-8-6-7-19(3)17-23)31(29(34)28(25)33)18-20-9-11-22(12-10-20)30(35)37-5-2/h6-17,26,32H,4-5,18H2,1-3H3/b27-25+. The average molecular weight is 500 g/mol. The molecule has 7 nitrogen and oxygen atoms in total. The van der Waals surface area contributed by atoms with Crippen molar-refractivity contribution in [2.75, 3.05) is 13.2 Å². The van der Waals surface area contributed by atoms with Crippen molar-refractivity contribution >= 4 is 23.4 Å². The first-order chi connectivity index (χ1) is 17.8. The summed E-state index contributed by atoms with van der Waals surface area (Å²) >= 11 is 0. The van der Waals surface area contributed by atoms with E-state index in [0.717, 1.165) is 16.7 Å². The number of likely N-dealkylation sites (tertiary alicyclic amines) is 1. The zero-order valence-electron chi connectivity index (χ0n) is 21.1. The second-order valence-corrected chi connectivity index (χ2v) is 8.72. The van der Waals surface area contributed by atoms with Gasteiger partial charge in [0.15, 0.2) is 0 Å². The number of hydrogen-bond donors (Lipinski definition) is 1. The summed E-state index contributed by atoms with van der Waals surface area (Å²) in [5, 5.41) is 11.2. The van der Waals surface area contributed by atoms with Crippen LogP contribution in [0.15, 0.2) is 78.4 Å². The Bertz CT molecular complexity index is 1340. The number of esters is 1. The smallest absolute Gasteiger partial charge is 0.338 e. The summed E-state index contributed by atoms with van der Waals surface area (Å²) in [6, 6.07) is 20.2. The topological polar surface area (TPSA) is 93.1 Å². The molecule has 1 unspecified atom stereocenters. The molecule has 0 aliphatic carbocycles. The number of Topliss-reactive ketones (excluding diaryl/α,β-unsaturated/α-hetero) is 1. The van der Waals surface area contributed by atoms with E-state index in [1.54, 1.807) is 55.5 Å². The van der Waals surface area contributed by atoms with Gasteiger partial charge in [-0.2, -0.15) is 0 Å². The zero-order chi connectivity index (χ0) is 26.5. The lowest BCUT2D eigenvalue weighted by Crippen LogP contribution is -2.29. The molecule has 7 heteroatoms. The van der Waals surface area contributed by atoms with Gasteiger partial charge in [-0.05, 0) is 68.3 Å². The number of carbonyl (C=O) groups excluding carboxylic acids is 3. The molecule has 3 aromatic rings. The lowest BCUT2D eigenvalue weighted by atomic mass is 9.94. The van der Waals surface area contributed by atoms with E-state index in [1.807, 2.05) is 38.1 Å². The van der Waals surface area contributed by atoms with Crippen LogP contribution in [0.5, 0.6) is 5.75 Å². The molecule has 1 amide bonds. The minimum atomic E-state index is -0.781. The van der Waals surface area contributed by atoms with Gasteiger partial charge < -0.3 is 19.5 Å². The lowest BCUT2D eigenvalue weighted by molar-refractivity contribution is -0.140. The van der Waals surface area contributed by atoms with Crippen LogP contribution < -0.4 is 4.74 Å². The van der Waals surface area contributed by atoms with E-state index in [2.05, 4.69) is 0 Å². The van der Waals surface area contributed by atoms with Gasteiger partial charge in [0.2, 0.25) is 0 Å². The number of aryl methyl sites for hydroxylation is 1. The SMILES string of the molecule is CCOC(=O)c1ccc(CN2C(=O)C(=O)/C(=C(/O)c3ccc(OCC)cc3)C2c2cccc(C)c2)cc1. The van der Waals surface area contributed by atoms with Crippen LogP contribution in [0.2, 0.25) is 0 Å². The highest BCUT2D eigenvalue weighted by molar-refractivity contribution is 6.46. The Hall–Kier alpha value is -4.39. The van der Waals surface area contributed by atoms with Crippen molar-refractivity contribution in [1.29, 1.82) is 0 Å². The summed E-state index contributed by atoms with van der Waals surface area (Å²) in [5.41, 5.74) is 3.26. The van der Waals surface area contributed by atoms with Crippen molar-refractivity contribution in [1.82, 2.24) is 4.90 Å². The Morgan fingerprint density at radius 3 is 2.22 bits per heavy atom. The van der Waals surface area contributed by atoms with Crippen LogP contribution in [-0.4, -0.2) is 40.9 Å². The van der Waals surface area contributed by atoms with Gasteiger partial charge in [0.1, 0.15) is 11.5 Å². The maximum Gasteiger partial charge on any atom is 0.338 e. The third-order valence-electron chi connectivity index (χ3n) is 6.15.